The van der Waals surface area contributed by atoms with Gasteiger partial charge in [-0.25, -0.2) is 0 Å². The molecule has 1 unspecified atom stereocenters. The van der Waals surface area contributed by atoms with Crippen LogP contribution in [0.5, 0.6) is 5.75 Å². The van der Waals surface area contributed by atoms with Gasteiger partial charge in [-0.2, -0.15) is 0 Å². The molecule has 1 aromatic heterocycles. The van der Waals surface area contributed by atoms with Gasteiger partial charge in [0.2, 0.25) is 0 Å². The van der Waals surface area contributed by atoms with Crippen molar-refractivity contribution in [2.75, 3.05) is 6.61 Å². The molecule has 2 N–H and O–H groups in total. The summed E-state index contributed by atoms with van der Waals surface area (Å²) in [6.45, 7) is 9.99. The number of aromatic nitrogens is 1. The number of nitrogens with two attached hydrogens (primary N) is 1. The number of pyridine rings is 1. The van der Waals surface area contributed by atoms with Crippen LogP contribution in [0.15, 0.2) is 18.5 Å². The summed E-state index contributed by atoms with van der Waals surface area (Å²) in [5, 5.41) is 0. The zero-order valence-corrected chi connectivity index (χ0v) is 12.6. The van der Waals surface area contributed by atoms with E-state index in [1.54, 1.807) is 12.4 Å². The Bertz CT molecular complexity index is 254. The molecule has 0 aliphatic rings. The summed E-state index contributed by atoms with van der Waals surface area (Å²) in [5.41, 5.74) is 6.50. The number of nitrogens with zero attached hydrogens (tertiary/aromatic N) is 1. The second-order valence-corrected chi connectivity index (χ2v) is 2.77. The van der Waals surface area contributed by atoms with Crippen molar-refractivity contribution in [2.24, 2.45) is 5.73 Å². The third-order valence-electron chi connectivity index (χ3n) is 1.31. The third kappa shape index (κ3) is 8.97. The van der Waals surface area contributed by atoms with Gasteiger partial charge in [-0.3, -0.25) is 4.98 Å². The van der Waals surface area contributed by atoms with Crippen molar-refractivity contribution in [1.29, 1.82) is 0 Å². The van der Waals surface area contributed by atoms with Gasteiger partial charge in [0, 0.05) is 38.9 Å². The summed E-state index contributed by atoms with van der Waals surface area (Å²) in [6.07, 6.45) is 3.44. The zero-order valence-electron chi connectivity index (χ0n) is 9.73. The maximum Gasteiger partial charge on any atom is 0.137 e. The number of aryl methyl sites for hydroxylation is 1. The largest absolute Gasteiger partial charge is 0.493 e. The van der Waals surface area contributed by atoms with Crippen LogP contribution in [0, 0.1) is 13.8 Å². The Morgan fingerprint density at radius 1 is 1.47 bits per heavy atom. The molecule has 4 heteroatoms. The molecule has 0 aromatic carbocycles. The summed E-state index contributed by atoms with van der Waals surface area (Å²) >= 11 is 0. The first-order chi connectivity index (χ1) is 6.68. The normalized spacial score (nSPS) is 10.5. The first-order valence-corrected chi connectivity index (χ1v) is 4.81. The fourth-order valence-electron chi connectivity index (χ4n) is 0.809. The van der Waals surface area contributed by atoms with Crippen molar-refractivity contribution < 1.29 is 37.4 Å². The van der Waals surface area contributed by atoms with Gasteiger partial charge < -0.3 is 17.4 Å². The minimum atomic E-state index is -0.189. The van der Waals surface area contributed by atoms with Gasteiger partial charge in [-0.1, -0.05) is 19.9 Å². The molecule has 15 heavy (non-hydrogen) atoms. The molecule has 3 nitrogen and oxygen atoms in total. The fraction of sp³-hybridized carbons (Fsp3) is 0.455. The number of rotatable bonds is 3. The summed E-state index contributed by atoms with van der Waals surface area (Å²) in [4.78, 5) is 3.98. The van der Waals surface area contributed by atoms with Crippen LogP contribution in [0.25, 0.3) is 0 Å². The predicted molar refractivity (Wildman–Crippen MR) is 59.1 cm³/mol. The van der Waals surface area contributed by atoms with E-state index in [4.69, 9.17) is 10.5 Å². The smallest absolute Gasteiger partial charge is 0.137 e. The number of ether oxygens (including phenoxy) is 1. The van der Waals surface area contributed by atoms with Crippen molar-refractivity contribution in [1.82, 2.24) is 4.98 Å². The molecule has 0 saturated heterocycles. The third-order valence-corrected chi connectivity index (χ3v) is 1.31. The first kappa shape index (κ1) is 17.4. The Labute approximate surface area is 118 Å². The van der Waals surface area contributed by atoms with Gasteiger partial charge in [-0.15, -0.1) is 0 Å². The summed E-state index contributed by atoms with van der Waals surface area (Å²) in [6, 6.07) is 1.72. The van der Waals surface area contributed by atoms with Crippen LogP contribution in [-0.4, -0.2) is 17.6 Å². The van der Waals surface area contributed by atoms with Crippen molar-refractivity contribution in [2.45, 2.75) is 26.8 Å². The summed E-state index contributed by atoms with van der Waals surface area (Å²) in [5.74, 6) is 0.745. The topological polar surface area (TPSA) is 48.1 Å². The Kier molecular flexibility index (Phi) is 12.2. The zero-order chi connectivity index (χ0) is 11.0. The van der Waals surface area contributed by atoms with Crippen LogP contribution in [0.2, 0.25) is 0 Å². The molecule has 0 saturated carbocycles. The monoisotopic (exact) mass is 284 g/mol. The molecule has 1 aromatic rings. The molecular weight excluding hydrogens is 265 g/mol. The minimum absolute atomic E-state index is 0. The van der Waals surface area contributed by atoms with Crippen LogP contribution in [-0.2, 0) is 32.7 Å². The van der Waals surface area contributed by atoms with Crippen LogP contribution in [0.3, 0.4) is 0 Å². The Balaban J connectivity index is 0. The van der Waals surface area contributed by atoms with E-state index in [2.05, 4.69) is 11.9 Å². The van der Waals surface area contributed by atoms with Crippen LogP contribution < -0.4 is 10.5 Å². The van der Waals surface area contributed by atoms with E-state index >= 15 is 0 Å². The molecule has 1 radical (unpaired) electrons. The molecule has 0 bridgehead atoms. The van der Waals surface area contributed by atoms with E-state index in [1.807, 2.05) is 26.8 Å². The molecule has 1 heterocycles. The average Bonchev–Trinajstić information content (AvgIpc) is 2.18. The van der Waals surface area contributed by atoms with Crippen molar-refractivity contribution >= 4 is 0 Å². The summed E-state index contributed by atoms with van der Waals surface area (Å²) < 4.78 is 5.30. The molecule has 0 fully saturated rings. The van der Waals surface area contributed by atoms with Gasteiger partial charge in [0.1, 0.15) is 5.75 Å². The second-order valence-electron chi connectivity index (χ2n) is 2.77. The molecule has 1 atom stereocenters. The van der Waals surface area contributed by atoms with E-state index in [0.29, 0.717) is 6.61 Å². The van der Waals surface area contributed by atoms with Gasteiger partial charge in [0.25, 0.3) is 0 Å². The number of hydrogen-bond acceptors (Lipinski definition) is 3. The van der Waals surface area contributed by atoms with Gasteiger partial charge in [-0.05, 0) is 18.6 Å². The second kappa shape index (κ2) is 10.5. The average molecular weight is 284 g/mol. The molecule has 0 aliphatic carbocycles. The Morgan fingerprint density at radius 2 is 2.07 bits per heavy atom. The van der Waals surface area contributed by atoms with E-state index < -0.39 is 0 Å². The maximum atomic E-state index is 5.42. The van der Waals surface area contributed by atoms with Crippen LogP contribution in [0.1, 0.15) is 19.4 Å². The molecule has 1 rings (SSSR count). The predicted octanol–water partition coefficient (Wildman–Crippen LogP) is 1.95. The molecule has 83 valence electrons. The Hall–Kier alpha value is 0.0139. The summed E-state index contributed by atoms with van der Waals surface area (Å²) in [7, 11) is 0. The van der Waals surface area contributed by atoms with Gasteiger partial charge in [0.15, 0.2) is 0 Å². The SMILES string of the molecule is CC.[CH2-]C(N)COc1cncc(C)c1.[Y]. The fourth-order valence-corrected chi connectivity index (χ4v) is 0.809. The number of hydrogen-bond donors (Lipinski definition) is 1. The van der Waals surface area contributed by atoms with Crippen LogP contribution >= 0.6 is 0 Å². The maximum absolute atomic E-state index is 5.42. The van der Waals surface area contributed by atoms with E-state index in [9.17, 15) is 0 Å². The van der Waals surface area contributed by atoms with Gasteiger partial charge >= 0.3 is 0 Å². The van der Waals surface area contributed by atoms with Gasteiger partial charge in [0.05, 0.1) is 12.8 Å². The van der Waals surface area contributed by atoms with E-state index in [1.165, 1.54) is 0 Å². The molecule has 0 amide bonds. The van der Waals surface area contributed by atoms with Crippen molar-refractivity contribution in [3.8, 4) is 5.75 Å². The van der Waals surface area contributed by atoms with Crippen LogP contribution in [0.4, 0.5) is 0 Å². The van der Waals surface area contributed by atoms with Crippen molar-refractivity contribution in [3.63, 3.8) is 0 Å². The quantitative estimate of drug-likeness (QED) is 0.863. The first-order valence-electron chi connectivity index (χ1n) is 4.81. The molecular formula is C11H19N2OY-. The van der Waals surface area contributed by atoms with E-state index in [-0.39, 0.29) is 38.8 Å². The standard InChI is InChI=1S/C9H13N2O.C2H6.Y/c1-7-3-9(5-11-4-7)12-6-8(2)10;1-2;/h3-5,8H,2,6,10H2,1H3;1-2H3;/q-1;;. The van der Waals surface area contributed by atoms with Crippen molar-refractivity contribution in [3.05, 3.63) is 30.9 Å². The Morgan fingerprint density at radius 3 is 2.53 bits per heavy atom. The minimum Gasteiger partial charge on any atom is -0.493 e. The van der Waals surface area contributed by atoms with E-state index in [0.717, 1.165) is 11.3 Å². The molecule has 0 aliphatic heterocycles. The molecule has 0 spiro atoms.